The summed E-state index contributed by atoms with van der Waals surface area (Å²) >= 11 is 0.973. The second-order valence-electron chi connectivity index (χ2n) is 7.11. The quantitative estimate of drug-likeness (QED) is 0.500. The molecule has 0 aliphatic carbocycles. The van der Waals surface area contributed by atoms with Crippen LogP contribution in [0.3, 0.4) is 0 Å². The molecule has 4 nitrogen and oxygen atoms in total. The van der Waals surface area contributed by atoms with Gasteiger partial charge in [0.1, 0.15) is 12.4 Å². The summed E-state index contributed by atoms with van der Waals surface area (Å²) in [7, 11) is 0. The highest BCUT2D eigenvalue weighted by Gasteiger charge is 2.36. The van der Waals surface area contributed by atoms with Gasteiger partial charge >= 0.3 is 0 Å². The highest BCUT2D eigenvalue weighted by Crippen LogP contribution is 2.35. The number of fused-ring (bicyclic) bond motifs is 1. The Balaban J connectivity index is 1.59. The highest BCUT2D eigenvalue weighted by molar-refractivity contribution is 8.18. The van der Waals surface area contributed by atoms with Crippen LogP contribution in [0.15, 0.2) is 71.6 Å². The molecule has 0 spiro atoms. The van der Waals surface area contributed by atoms with Crippen LogP contribution in [0.2, 0.25) is 0 Å². The van der Waals surface area contributed by atoms with E-state index in [2.05, 4.69) is 24.3 Å². The van der Waals surface area contributed by atoms with Crippen molar-refractivity contribution in [3.05, 3.63) is 82.8 Å². The van der Waals surface area contributed by atoms with Crippen molar-refractivity contribution in [3.63, 3.8) is 0 Å². The first-order valence-electron chi connectivity index (χ1n) is 9.50. The van der Waals surface area contributed by atoms with Gasteiger partial charge in [-0.05, 0) is 54.1 Å². The van der Waals surface area contributed by atoms with Crippen LogP contribution < -0.4 is 4.74 Å². The molecule has 0 saturated carbocycles. The van der Waals surface area contributed by atoms with Crippen molar-refractivity contribution in [2.24, 2.45) is 0 Å². The van der Waals surface area contributed by atoms with Crippen LogP contribution in [0.25, 0.3) is 16.8 Å². The number of carbonyl (C=O) groups excluding carboxylic acids is 2. The van der Waals surface area contributed by atoms with Crippen LogP contribution in [-0.2, 0) is 11.4 Å². The van der Waals surface area contributed by atoms with E-state index in [1.807, 2.05) is 56.3 Å². The van der Waals surface area contributed by atoms with Crippen molar-refractivity contribution in [2.45, 2.75) is 26.5 Å². The van der Waals surface area contributed by atoms with E-state index in [1.54, 1.807) is 6.08 Å². The molecular formula is C24H21NO3S. The van der Waals surface area contributed by atoms with Crippen molar-refractivity contribution < 1.29 is 14.3 Å². The van der Waals surface area contributed by atoms with Crippen molar-refractivity contribution in [2.75, 3.05) is 0 Å². The van der Waals surface area contributed by atoms with E-state index >= 15 is 0 Å². The number of ether oxygens (including phenoxy) is 1. The molecule has 0 atom stereocenters. The molecule has 29 heavy (non-hydrogen) atoms. The fourth-order valence-corrected chi connectivity index (χ4v) is 4.32. The molecular weight excluding hydrogens is 382 g/mol. The Labute approximate surface area is 174 Å². The van der Waals surface area contributed by atoms with Gasteiger partial charge in [-0.1, -0.05) is 60.7 Å². The predicted octanol–water partition coefficient (Wildman–Crippen LogP) is 5.86. The first-order valence-corrected chi connectivity index (χ1v) is 10.3. The van der Waals surface area contributed by atoms with Crippen LogP contribution in [-0.4, -0.2) is 22.1 Å². The predicted molar refractivity (Wildman–Crippen MR) is 118 cm³/mol. The van der Waals surface area contributed by atoms with E-state index in [-0.39, 0.29) is 17.2 Å². The maximum atomic E-state index is 12.6. The van der Waals surface area contributed by atoms with Crippen molar-refractivity contribution in [3.8, 4) is 5.75 Å². The molecule has 3 aromatic carbocycles. The number of rotatable bonds is 5. The van der Waals surface area contributed by atoms with Crippen molar-refractivity contribution in [1.82, 2.24) is 4.90 Å². The number of para-hydroxylation sites is 1. The zero-order chi connectivity index (χ0) is 20.4. The van der Waals surface area contributed by atoms with Gasteiger partial charge in [-0.2, -0.15) is 0 Å². The zero-order valence-corrected chi connectivity index (χ0v) is 17.1. The molecule has 0 N–H and O–H groups in total. The Morgan fingerprint density at radius 1 is 0.966 bits per heavy atom. The molecule has 0 aromatic heterocycles. The lowest BCUT2D eigenvalue weighted by atomic mass is 10.1. The SMILES string of the molecule is CC(C)N1C(=O)S/C(=C/c2ccccc2OCc2cccc3ccccc23)C1=O. The highest BCUT2D eigenvalue weighted by atomic mass is 32.2. The van der Waals surface area contributed by atoms with Gasteiger partial charge in [0.2, 0.25) is 0 Å². The largest absolute Gasteiger partial charge is 0.488 e. The van der Waals surface area contributed by atoms with E-state index in [0.717, 1.165) is 28.3 Å². The Morgan fingerprint density at radius 2 is 1.69 bits per heavy atom. The average molecular weight is 404 g/mol. The fraction of sp³-hybridized carbons (Fsp3) is 0.167. The smallest absolute Gasteiger partial charge is 0.293 e. The van der Waals surface area contributed by atoms with E-state index in [4.69, 9.17) is 4.74 Å². The molecule has 1 aliphatic heterocycles. The second-order valence-corrected chi connectivity index (χ2v) is 8.10. The second kappa shape index (κ2) is 8.13. The number of imide groups is 1. The summed E-state index contributed by atoms with van der Waals surface area (Å²) < 4.78 is 6.11. The molecule has 1 aliphatic rings. The molecule has 1 saturated heterocycles. The molecule has 1 fully saturated rings. The van der Waals surface area contributed by atoms with Gasteiger partial charge in [0.25, 0.3) is 11.1 Å². The van der Waals surface area contributed by atoms with Crippen molar-refractivity contribution >= 4 is 39.8 Å². The van der Waals surface area contributed by atoms with Gasteiger partial charge in [0.05, 0.1) is 4.91 Å². The minimum atomic E-state index is -0.251. The molecule has 5 heteroatoms. The average Bonchev–Trinajstić information content (AvgIpc) is 3.00. The van der Waals surface area contributed by atoms with Crippen LogP contribution in [0.5, 0.6) is 5.75 Å². The number of carbonyl (C=O) groups is 2. The molecule has 3 aromatic rings. The molecule has 2 amide bonds. The van der Waals surface area contributed by atoms with Gasteiger partial charge in [-0.3, -0.25) is 14.5 Å². The van der Waals surface area contributed by atoms with E-state index in [1.165, 1.54) is 10.3 Å². The lowest BCUT2D eigenvalue weighted by molar-refractivity contribution is -0.123. The Bertz CT molecular complexity index is 1110. The van der Waals surface area contributed by atoms with Gasteiger partial charge < -0.3 is 4.74 Å². The third-order valence-corrected chi connectivity index (χ3v) is 5.69. The molecule has 146 valence electrons. The number of hydrogen-bond donors (Lipinski definition) is 0. The van der Waals surface area contributed by atoms with E-state index in [0.29, 0.717) is 17.3 Å². The lowest BCUT2D eigenvalue weighted by Crippen LogP contribution is -2.34. The van der Waals surface area contributed by atoms with E-state index in [9.17, 15) is 9.59 Å². The fourth-order valence-electron chi connectivity index (χ4n) is 3.37. The third-order valence-electron chi connectivity index (χ3n) is 4.81. The topological polar surface area (TPSA) is 46.6 Å². The van der Waals surface area contributed by atoms with Crippen LogP contribution in [0.1, 0.15) is 25.0 Å². The first kappa shape index (κ1) is 19.3. The molecule has 0 bridgehead atoms. The number of benzene rings is 3. The van der Waals surface area contributed by atoms with Gasteiger partial charge in [0.15, 0.2) is 0 Å². The third kappa shape index (κ3) is 3.91. The van der Waals surface area contributed by atoms with E-state index < -0.39 is 0 Å². The maximum Gasteiger partial charge on any atom is 0.293 e. The standard InChI is InChI=1S/C24H21NO3S/c1-16(2)25-23(26)22(29-24(25)27)14-18-9-4-6-13-21(18)28-15-19-11-7-10-17-8-3-5-12-20(17)19/h3-14,16H,15H2,1-2H3/b22-14+. The summed E-state index contributed by atoms with van der Waals surface area (Å²) in [5, 5.41) is 2.10. The van der Waals surface area contributed by atoms with Crippen LogP contribution in [0, 0.1) is 0 Å². The zero-order valence-electron chi connectivity index (χ0n) is 16.3. The van der Waals surface area contributed by atoms with Gasteiger partial charge in [-0.25, -0.2) is 0 Å². The molecule has 0 unspecified atom stereocenters. The van der Waals surface area contributed by atoms with Crippen molar-refractivity contribution in [1.29, 1.82) is 0 Å². The Morgan fingerprint density at radius 3 is 2.48 bits per heavy atom. The lowest BCUT2D eigenvalue weighted by Gasteiger charge is -2.16. The maximum absolute atomic E-state index is 12.6. The monoisotopic (exact) mass is 403 g/mol. The first-order chi connectivity index (χ1) is 14.0. The summed E-state index contributed by atoms with van der Waals surface area (Å²) in [6.07, 6.45) is 1.74. The van der Waals surface area contributed by atoms with Crippen LogP contribution >= 0.6 is 11.8 Å². The summed E-state index contributed by atoms with van der Waals surface area (Å²) in [6.45, 7) is 4.08. The molecule has 1 heterocycles. The Kier molecular flexibility index (Phi) is 5.41. The molecule has 0 radical (unpaired) electrons. The molecule has 4 rings (SSSR count). The summed E-state index contributed by atoms with van der Waals surface area (Å²) in [6, 6.07) is 21.8. The normalized spacial score (nSPS) is 15.7. The number of thioether (sulfide) groups is 1. The Hall–Kier alpha value is -3.05. The van der Waals surface area contributed by atoms with Gasteiger partial charge in [-0.15, -0.1) is 0 Å². The van der Waals surface area contributed by atoms with Crippen LogP contribution in [0.4, 0.5) is 4.79 Å². The summed E-state index contributed by atoms with van der Waals surface area (Å²) in [4.78, 5) is 26.4. The minimum Gasteiger partial charge on any atom is -0.488 e. The summed E-state index contributed by atoms with van der Waals surface area (Å²) in [5.74, 6) is 0.427. The van der Waals surface area contributed by atoms with Gasteiger partial charge in [0, 0.05) is 11.6 Å². The minimum absolute atomic E-state index is 0.161. The number of nitrogens with zero attached hydrogens (tertiary/aromatic N) is 1. The number of hydrogen-bond acceptors (Lipinski definition) is 4. The number of amides is 2. The summed E-state index contributed by atoms with van der Waals surface area (Å²) in [5.41, 5.74) is 1.88.